The van der Waals surface area contributed by atoms with E-state index in [0.29, 0.717) is 5.56 Å². The first-order valence-electron chi connectivity index (χ1n) is 6.78. The molecule has 0 saturated carbocycles. The molecule has 0 aliphatic carbocycles. The number of non-ortho nitro benzene ring substituents is 1. The maximum atomic E-state index is 12.6. The fourth-order valence-electron chi connectivity index (χ4n) is 2.09. The highest BCUT2D eigenvalue weighted by molar-refractivity contribution is 7.91. The average molecular weight is 345 g/mol. The van der Waals surface area contributed by atoms with Gasteiger partial charge in [0.15, 0.2) is 0 Å². The number of aromatic nitrogens is 4. The Morgan fingerprint density at radius 1 is 1.04 bits per heavy atom. The van der Waals surface area contributed by atoms with Crippen molar-refractivity contribution >= 4 is 15.5 Å². The summed E-state index contributed by atoms with van der Waals surface area (Å²) in [5, 5.41) is 21.1. The lowest BCUT2D eigenvalue weighted by Crippen LogP contribution is -2.13. The van der Waals surface area contributed by atoms with Crippen LogP contribution in [0.25, 0.3) is 0 Å². The van der Waals surface area contributed by atoms with Gasteiger partial charge in [-0.1, -0.05) is 35.4 Å². The van der Waals surface area contributed by atoms with Crippen LogP contribution in [0.1, 0.15) is 5.56 Å². The second-order valence-electron chi connectivity index (χ2n) is 4.86. The molecule has 0 saturated heterocycles. The van der Waals surface area contributed by atoms with E-state index in [2.05, 4.69) is 15.5 Å². The zero-order chi connectivity index (χ0) is 17.2. The van der Waals surface area contributed by atoms with Crippen molar-refractivity contribution in [2.45, 2.75) is 16.6 Å². The van der Waals surface area contributed by atoms with Crippen LogP contribution < -0.4 is 0 Å². The molecule has 0 aliphatic rings. The highest BCUT2D eigenvalue weighted by Gasteiger charge is 2.25. The lowest BCUT2D eigenvalue weighted by atomic mass is 10.2. The molecule has 0 spiro atoms. The Hall–Kier alpha value is -3.14. The van der Waals surface area contributed by atoms with E-state index in [1.165, 1.54) is 36.4 Å². The third kappa shape index (κ3) is 2.99. The van der Waals surface area contributed by atoms with E-state index in [0.717, 1.165) is 4.68 Å². The highest BCUT2D eigenvalue weighted by atomic mass is 32.2. The molecule has 0 unspecified atom stereocenters. The molecule has 2 aromatic carbocycles. The molecule has 3 rings (SSSR count). The first-order valence-corrected chi connectivity index (χ1v) is 8.26. The zero-order valence-corrected chi connectivity index (χ0v) is 13.0. The van der Waals surface area contributed by atoms with Crippen LogP contribution in [0, 0.1) is 10.1 Å². The topological polar surface area (TPSA) is 121 Å². The monoisotopic (exact) mass is 345 g/mol. The summed E-state index contributed by atoms with van der Waals surface area (Å²) >= 11 is 0. The molecule has 0 bridgehead atoms. The molecule has 0 N–H and O–H groups in total. The van der Waals surface area contributed by atoms with Crippen LogP contribution in [-0.4, -0.2) is 33.5 Å². The SMILES string of the molecule is O=[N+]([O-])c1ccc(Cn2nnnc2S(=O)(=O)c2ccccc2)cc1. The molecular formula is C14H11N5O4S. The van der Waals surface area contributed by atoms with Crippen molar-refractivity contribution in [2.75, 3.05) is 0 Å². The molecule has 0 atom stereocenters. The van der Waals surface area contributed by atoms with Gasteiger partial charge in [0.25, 0.3) is 10.8 Å². The number of hydrogen-bond donors (Lipinski definition) is 0. The maximum absolute atomic E-state index is 12.6. The Balaban J connectivity index is 1.92. The van der Waals surface area contributed by atoms with Gasteiger partial charge in [0.2, 0.25) is 9.84 Å². The number of hydrogen-bond acceptors (Lipinski definition) is 7. The average Bonchev–Trinajstić information content (AvgIpc) is 3.05. The fraction of sp³-hybridized carbons (Fsp3) is 0.0714. The molecule has 10 heteroatoms. The van der Waals surface area contributed by atoms with Crippen molar-refractivity contribution in [3.63, 3.8) is 0 Å². The Bertz CT molecular complexity index is 968. The summed E-state index contributed by atoms with van der Waals surface area (Å²) in [6, 6.07) is 13.6. The standard InChI is InChI=1S/C14H11N5O4S/c20-19(21)12-8-6-11(7-9-12)10-18-14(15-16-17-18)24(22,23)13-4-2-1-3-5-13/h1-9H,10H2. The summed E-state index contributed by atoms with van der Waals surface area (Å²) in [4.78, 5) is 10.2. The quantitative estimate of drug-likeness (QED) is 0.507. The molecule has 3 aromatic rings. The molecule has 24 heavy (non-hydrogen) atoms. The first kappa shape index (κ1) is 15.7. The van der Waals surface area contributed by atoms with Crippen molar-refractivity contribution in [3.05, 3.63) is 70.3 Å². The molecule has 9 nitrogen and oxygen atoms in total. The molecule has 1 aromatic heterocycles. The second kappa shape index (κ2) is 6.16. The first-order chi connectivity index (χ1) is 11.5. The van der Waals surface area contributed by atoms with Crippen molar-refractivity contribution in [3.8, 4) is 0 Å². The lowest BCUT2D eigenvalue weighted by molar-refractivity contribution is -0.384. The smallest absolute Gasteiger partial charge is 0.258 e. The minimum absolute atomic E-state index is 0.0485. The number of rotatable bonds is 5. The Morgan fingerprint density at radius 3 is 2.33 bits per heavy atom. The van der Waals surface area contributed by atoms with Crippen LogP contribution in [0.4, 0.5) is 5.69 Å². The summed E-state index contributed by atoms with van der Waals surface area (Å²) in [7, 11) is -3.85. The lowest BCUT2D eigenvalue weighted by Gasteiger charge is -2.06. The predicted octanol–water partition coefficient (Wildman–Crippen LogP) is 1.46. The van der Waals surface area contributed by atoms with Crippen LogP contribution in [0.3, 0.4) is 0 Å². The molecular weight excluding hydrogens is 334 g/mol. The van der Waals surface area contributed by atoms with Gasteiger partial charge in [-0.05, 0) is 28.1 Å². The Morgan fingerprint density at radius 2 is 1.71 bits per heavy atom. The van der Waals surface area contributed by atoms with Gasteiger partial charge >= 0.3 is 0 Å². The number of tetrazole rings is 1. The minimum atomic E-state index is -3.85. The third-order valence-corrected chi connectivity index (χ3v) is 4.94. The second-order valence-corrected chi connectivity index (χ2v) is 6.70. The predicted molar refractivity (Wildman–Crippen MR) is 81.9 cm³/mol. The van der Waals surface area contributed by atoms with Crippen LogP contribution in [-0.2, 0) is 16.4 Å². The van der Waals surface area contributed by atoms with Gasteiger partial charge in [-0.2, -0.15) is 0 Å². The van der Waals surface area contributed by atoms with E-state index in [4.69, 9.17) is 0 Å². The van der Waals surface area contributed by atoms with Gasteiger partial charge in [-0.15, -0.1) is 0 Å². The summed E-state index contributed by atoms with van der Waals surface area (Å²) in [6.07, 6.45) is 0. The van der Waals surface area contributed by atoms with Crippen molar-refractivity contribution in [2.24, 2.45) is 0 Å². The van der Waals surface area contributed by atoms with Crippen molar-refractivity contribution in [1.29, 1.82) is 0 Å². The highest BCUT2D eigenvalue weighted by Crippen LogP contribution is 2.19. The van der Waals surface area contributed by atoms with Crippen LogP contribution in [0.5, 0.6) is 0 Å². The van der Waals surface area contributed by atoms with Crippen molar-refractivity contribution < 1.29 is 13.3 Å². The van der Waals surface area contributed by atoms with E-state index in [1.54, 1.807) is 18.2 Å². The molecule has 122 valence electrons. The van der Waals surface area contributed by atoms with E-state index in [1.807, 2.05) is 0 Å². The number of nitro groups is 1. The van der Waals surface area contributed by atoms with Gasteiger partial charge in [0, 0.05) is 12.1 Å². The Kier molecular flexibility index (Phi) is 4.04. The number of sulfone groups is 1. The van der Waals surface area contributed by atoms with Gasteiger partial charge in [0.05, 0.1) is 16.4 Å². The zero-order valence-electron chi connectivity index (χ0n) is 12.2. The molecule has 0 amide bonds. The number of nitro benzene ring substituents is 1. The van der Waals surface area contributed by atoms with E-state index in [-0.39, 0.29) is 22.3 Å². The summed E-state index contributed by atoms with van der Waals surface area (Å²) in [5.41, 5.74) is 0.588. The van der Waals surface area contributed by atoms with Gasteiger partial charge in [-0.25, -0.2) is 13.1 Å². The summed E-state index contributed by atoms with van der Waals surface area (Å²) < 4.78 is 26.3. The normalized spacial score (nSPS) is 11.3. The number of nitrogens with zero attached hydrogens (tertiary/aromatic N) is 5. The Labute approximate surface area is 136 Å². The van der Waals surface area contributed by atoms with Gasteiger partial charge in [-0.3, -0.25) is 10.1 Å². The van der Waals surface area contributed by atoms with Crippen molar-refractivity contribution in [1.82, 2.24) is 20.2 Å². The minimum Gasteiger partial charge on any atom is -0.258 e. The summed E-state index contributed by atoms with van der Waals surface area (Å²) in [5.74, 6) is 0. The van der Waals surface area contributed by atoms with E-state index in [9.17, 15) is 18.5 Å². The molecule has 0 aliphatic heterocycles. The van der Waals surface area contributed by atoms with Gasteiger partial charge in [0.1, 0.15) is 0 Å². The maximum Gasteiger partial charge on any atom is 0.272 e. The molecule has 1 heterocycles. The molecule has 0 fully saturated rings. The fourth-order valence-corrected chi connectivity index (χ4v) is 3.34. The van der Waals surface area contributed by atoms with E-state index < -0.39 is 14.8 Å². The van der Waals surface area contributed by atoms with Crippen LogP contribution >= 0.6 is 0 Å². The number of benzene rings is 2. The van der Waals surface area contributed by atoms with Crippen LogP contribution in [0.15, 0.2) is 64.6 Å². The van der Waals surface area contributed by atoms with Gasteiger partial charge < -0.3 is 0 Å². The van der Waals surface area contributed by atoms with Crippen LogP contribution in [0.2, 0.25) is 0 Å². The third-order valence-electron chi connectivity index (χ3n) is 3.27. The molecule has 0 radical (unpaired) electrons. The summed E-state index contributed by atoms with van der Waals surface area (Å²) in [6.45, 7) is 0.0758. The largest absolute Gasteiger partial charge is 0.272 e. The van der Waals surface area contributed by atoms with E-state index >= 15 is 0 Å².